The number of hydrogen-bond donors (Lipinski definition) is 2. The van der Waals surface area contributed by atoms with E-state index in [1.807, 2.05) is 0 Å². The summed E-state index contributed by atoms with van der Waals surface area (Å²) in [5, 5.41) is 11.2. The van der Waals surface area contributed by atoms with Gasteiger partial charge in [-0.3, -0.25) is 4.79 Å². The molecule has 2 N–H and O–H groups in total. The smallest absolute Gasteiger partial charge is 0.441 e. The van der Waals surface area contributed by atoms with Crippen LogP contribution in [-0.2, 0) is 4.79 Å². The van der Waals surface area contributed by atoms with E-state index in [2.05, 4.69) is 5.32 Å². The van der Waals surface area contributed by atoms with Crippen molar-refractivity contribution in [1.29, 1.82) is 0 Å². The maximum absolute atomic E-state index is 11.7. The number of unbranched alkanes of at least 4 members (excludes halogenated alkanes) is 2. The van der Waals surface area contributed by atoms with Gasteiger partial charge >= 0.3 is 11.5 Å². The molecule has 0 aliphatic heterocycles. The molecule has 0 saturated heterocycles. The lowest BCUT2D eigenvalue weighted by Crippen LogP contribution is -2.20. The topological polar surface area (TPSA) is 49.3 Å². The van der Waals surface area contributed by atoms with Crippen molar-refractivity contribution in [3.63, 3.8) is 0 Å². The quantitative estimate of drug-likeness (QED) is 0.625. The minimum atomic E-state index is -4.15. The van der Waals surface area contributed by atoms with Crippen LogP contribution < -0.4 is 5.32 Å². The van der Waals surface area contributed by atoms with Gasteiger partial charge in [0.2, 0.25) is 0 Å². The number of hydrogen-bond acceptors (Lipinski definition) is 3. The summed E-state index contributed by atoms with van der Waals surface area (Å²) in [7, 11) is 0. The number of aliphatic carboxylic acids is 1. The number of halogens is 3. The van der Waals surface area contributed by atoms with E-state index in [0.29, 0.717) is 19.5 Å². The molecule has 0 atom stereocenters. The molecular formula is C9H16F3NO2S. The summed E-state index contributed by atoms with van der Waals surface area (Å²) < 4.78 is 35.1. The molecule has 0 spiro atoms. The first-order valence-corrected chi connectivity index (χ1v) is 6.03. The van der Waals surface area contributed by atoms with E-state index in [1.165, 1.54) is 0 Å². The van der Waals surface area contributed by atoms with Crippen LogP contribution in [0.15, 0.2) is 0 Å². The minimum absolute atomic E-state index is 0.0125. The van der Waals surface area contributed by atoms with Crippen molar-refractivity contribution in [2.75, 3.05) is 18.8 Å². The molecule has 0 aromatic carbocycles. The van der Waals surface area contributed by atoms with Crippen LogP contribution in [0.3, 0.4) is 0 Å². The Kier molecular flexibility index (Phi) is 8.46. The summed E-state index contributed by atoms with van der Waals surface area (Å²) in [5.41, 5.74) is -4.15. The molecule has 96 valence electrons. The Balaban J connectivity index is 3.07. The zero-order chi connectivity index (χ0) is 12.4. The molecule has 0 aromatic rings. The van der Waals surface area contributed by atoms with Gasteiger partial charge in [-0.2, -0.15) is 13.2 Å². The van der Waals surface area contributed by atoms with Crippen molar-refractivity contribution in [3.05, 3.63) is 0 Å². The molecule has 16 heavy (non-hydrogen) atoms. The Bertz CT molecular complexity index is 200. The molecule has 0 unspecified atom stereocenters. The molecule has 0 aliphatic rings. The Labute approximate surface area is 96.8 Å². The van der Waals surface area contributed by atoms with Crippen LogP contribution in [0.5, 0.6) is 0 Å². The monoisotopic (exact) mass is 259 g/mol. The normalized spacial score (nSPS) is 11.7. The number of carbonyl (C=O) groups is 1. The maximum atomic E-state index is 11.7. The van der Waals surface area contributed by atoms with Crippen LogP contribution in [0.2, 0.25) is 0 Å². The largest absolute Gasteiger partial charge is 0.481 e. The summed E-state index contributed by atoms with van der Waals surface area (Å²) in [6.45, 7) is 0.959. The van der Waals surface area contributed by atoms with E-state index in [9.17, 15) is 18.0 Å². The lowest BCUT2D eigenvalue weighted by molar-refractivity contribution is -0.137. The molecule has 0 fully saturated rings. The Morgan fingerprint density at radius 1 is 1.19 bits per heavy atom. The standard InChI is InChI=1S/C9H16F3NO2S/c10-9(11,12)16-7-6-13-5-3-1-2-4-8(14)15/h13H,1-7H2,(H,14,15). The van der Waals surface area contributed by atoms with Crippen LogP contribution >= 0.6 is 11.8 Å². The maximum Gasteiger partial charge on any atom is 0.441 e. The molecular weight excluding hydrogens is 243 g/mol. The fourth-order valence-corrected chi connectivity index (χ4v) is 1.54. The van der Waals surface area contributed by atoms with E-state index >= 15 is 0 Å². The fourth-order valence-electron chi connectivity index (χ4n) is 1.07. The number of nitrogens with one attached hydrogen (secondary N) is 1. The summed E-state index contributed by atoms with van der Waals surface area (Å²) in [5.74, 6) is -0.798. The van der Waals surface area contributed by atoms with Crippen LogP contribution in [-0.4, -0.2) is 35.4 Å². The summed E-state index contributed by atoms with van der Waals surface area (Å²) >= 11 is -0.0344. The van der Waals surface area contributed by atoms with Crippen molar-refractivity contribution in [2.24, 2.45) is 0 Å². The van der Waals surface area contributed by atoms with Gasteiger partial charge in [0.25, 0.3) is 0 Å². The second-order valence-electron chi connectivity index (χ2n) is 3.25. The molecule has 3 nitrogen and oxygen atoms in total. The number of alkyl halides is 3. The second kappa shape index (κ2) is 8.69. The van der Waals surface area contributed by atoms with Crippen molar-refractivity contribution in [1.82, 2.24) is 5.32 Å². The van der Waals surface area contributed by atoms with E-state index < -0.39 is 11.5 Å². The molecule has 0 aliphatic carbocycles. The van der Waals surface area contributed by atoms with Crippen LogP contribution in [0.4, 0.5) is 13.2 Å². The molecule has 0 aromatic heterocycles. The SMILES string of the molecule is O=C(O)CCCCCNCCSC(F)(F)F. The minimum Gasteiger partial charge on any atom is -0.481 e. The lowest BCUT2D eigenvalue weighted by atomic mass is 10.2. The highest BCUT2D eigenvalue weighted by Crippen LogP contribution is 2.29. The van der Waals surface area contributed by atoms with Gasteiger partial charge < -0.3 is 10.4 Å². The molecule has 7 heteroatoms. The van der Waals surface area contributed by atoms with Gasteiger partial charge in [-0.25, -0.2) is 0 Å². The van der Waals surface area contributed by atoms with Crippen molar-refractivity contribution in [2.45, 2.75) is 31.2 Å². The highest BCUT2D eigenvalue weighted by molar-refractivity contribution is 8.00. The fraction of sp³-hybridized carbons (Fsp3) is 0.889. The third kappa shape index (κ3) is 13.6. The van der Waals surface area contributed by atoms with E-state index in [-0.39, 0.29) is 23.9 Å². The second-order valence-corrected chi connectivity index (χ2v) is 4.41. The van der Waals surface area contributed by atoms with E-state index in [0.717, 1.165) is 12.8 Å². The molecule has 0 bridgehead atoms. The predicted molar refractivity (Wildman–Crippen MR) is 57.5 cm³/mol. The number of rotatable bonds is 9. The van der Waals surface area contributed by atoms with Crippen LogP contribution in [0, 0.1) is 0 Å². The van der Waals surface area contributed by atoms with Gasteiger partial charge in [0, 0.05) is 18.7 Å². The van der Waals surface area contributed by atoms with Gasteiger partial charge in [0.15, 0.2) is 0 Å². The zero-order valence-corrected chi connectivity index (χ0v) is 9.66. The highest BCUT2D eigenvalue weighted by Gasteiger charge is 2.27. The molecule has 0 heterocycles. The van der Waals surface area contributed by atoms with Crippen molar-refractivity contribution < 1.29 is 23.1 Å². The van der Waals surface area contributed by atoms with Gasteiger partial charge in [0.1, 0.15) is 0 Å². The molecule has 0 saturated carbocycles. The third-order valence-corrected chi connectivity index (χ3v) is 2.52. The Morgan fingerprint density at radius 2 is 1.88 bits per heavy atom. The molecule has 0 rings (SSSR count). The number of thioether (sulfide) groups is 1. The van der Waals surface area contributed by atoms with Crippen LogP contribution in [0.1, 0.15) is 25.7 Å². The first-order chi connectivity index (χ1) is 7.42. The molecule has 0 amide bonds. The average molecular weight is 259 g/mol. The Hall–Kier alpha value is -0.430. The van der Waals surface area contributed by atoms with Crippen LogP contribution in [0.25, 0.3) is 0 Å². The lowest BCUT2D eigenvalue weighted by Gasteiger charge is -2.06. The summed E-state index contributed by atoms with van der Waals surface area (Å²) in [6, 6.07) is 0. The third-order valence-electron chi connectivity index (χ3n) is 1.79. The molecule has 0 radical (unpaired) electrons. The number of carboxylic acids is 1. The van der Waals surface area contributed by atoms with Crippen molar-refractivity contribution >= 4 is 17.7 Å². The average Bonchev–Trinajstić information content (AvgIpc) is 2.13. The van der Waals surface area contributed by atoms with E-state index in [4.69, 9.17) is 5.11 Å². The number of carboxylic acid groups (broad SMARTS) is 1. The van der Waals surface area contributed by atoms with Gasteiger partial charge in [0.05, 0.1) is 0 Å². The van der Waals surface area contributed by atoms with Crippen molar-refractivity contribution in [3.8, 4) is 0 Å². The van der Waals surface area contributed by atoms with Gasteiger partial charge in [-0.05, 0) is 31.1 Å². The Morgan fingerprint density at radius 3 is 2.44 bits per heavy atom. The highest BCUT2D eigenvalue weighted by atomic mass is 32.2. The summed E-state index contributed by atoms with van der Waals surface area (Å²) in [6.07, 6.45) is 2.36. The van der Waals surface area contributed by atoms with Gasteiger partial charge in [-0.15, -0.1) is 0 Å². The zero-order valence-electron chi connectivity index (χ0n) is 8.85. The first kappa shape index (κ1) is 15.6. The summed E-state index contributed by atoms with van der Waals surface area (Å²) in [4.78, 5) is 10.1. The van der Waals surface area contributed by atoms with Gasteiger partial charge in [-0.1, -0.05) is 6.42 Å². The first-order valence-electron chi connectivity index (χ1n) is 5.05. The predicted octanol–water partition coefficient (Wildman–Crippen LogP) is 2.47. The van der Waals surface area contributed by atoms with E-state index in [1.54, 1.807) is 0 Å².